The van der Waals surface area contributed by atoms with E-state index in [-0.39, 0.29) is 30.2 Å². The Bertz CT molecular complexity index is 442. The third-order valence-electron chi connectivity index (χ3n) is 4.20. The Hall–Kier alpha value is -1.17. The molecule has 126 valence electrons. The van der Waals surface area contributed by atoms with Crippen molar-refractivity contribution in [2.45, 2.75) is 32.8 Å². The van der Waals surface area contributed by atoms with Crippen LogP contribution in [0.2, 0.25) is 0 Å². The van der Waals surface area contributed by atoms with Crippen LogP contribution in [0.15, 0.2) is 24.3 Å². The standard InChI is InChI=1S/C16H25FN2O2.ClH/c1-4-16(5-2,11-18)15(20)19-10-14(21-3)12-6-8-13(17)9-7-12;/h6-9,14H,4-5,10-11,18H2,1-3H3,(H,19,20);1H. The lowest BCUT2D eigenvalue weighted by Crippen LogP contribution is -2.46. The molecule has 1 unspecified atom stereocenters. The van der Waals surface area contributed by atoms with Crippen molar-refractivity contribution in [1.82, 2.24) is 5.32 Å². The van der Waals surface area contributed by atoms with E-state index in [1.807, 2.05) is 13.8 Å². The Balaban J connectivity index is 0.00000441. The topological polar surface area (TPSA) is 64.4 Å². The molecule has 0 saturated carbocycles. The van der Waals surface area contributed by atoms with Crippen LogP contribution in [0.25, 0.3) is 0 Å². The smallest absolute Gasteiger partial charge is 0.227 e. The molecule has 0 saturated heterocycles. The van der Waals surface area contributed by atoms with Crippen molar-refractivity contribution in [2.24, 2.45) is 11.1 Å². The van der Waals surface area contributed by atoms with Crippen molar-refractivity contribution in [3.8, 4) is 0 Å². The second kappa shape index (κ2) is 9.77. The molecule has 0 bridgehead atoms. The summed E-state index contributed by atoms with van der Waals surface area (Å²) < 4.78 is 18.3. The van der Waals surface area contributed by atoms with Gasteiger partial charge in [0, 0.05) is 20.2 Å². The highest BCUT2D eigenvalue weighted by molar-refractivity contribution is 5.85. The molecule has 0 radical (unpaired) electrons. The van der Waals surface area contributed by atoms with Gasteiger partial charge in [0.2, 0.25) is 5.91 Å². The highest BCUT2D eigenvalue weighted by Crippen LogP contribution is 2.25. The molecule has 6 heteroatoms. The molecule has 4 nitrogen and oxygen atoms in total. The fourth-order valence-electron chi connectivity index (χ4n) is 2.34. The highest BCUT2D eigenvalue weighted by atomic mass is 35.5. The number of carbonyl (C=O) groups excluding carboxylic acids is 1. The zero-order valence-electron chi connectivity index (χ0n) is 13.4. The largest absolute Gasteiger partial charge is 0.375 e. The minimum Gasteiger partial charge on any atom is -0.375 e. The number of hydrogen-bond donors (Lipinski definition) is 2. The van der Waals surface area contributed by atoms with Crippen LogP contribution < -0.4 is 11.1 Å². The number of halogens is 2. The predicted molar refractivity (Wildman–Crippen MR) is 88.5 cm³/mol. The van der Waals surface area contributed by atoms with Crippen LogP contribution in [0.1, 0.15) is 38.4 Å². The zero-order chi connectivity index (χ0) is 15.9. The first-order valence-corrected chi connectivity index (χ1v) is 7.29. The maximum atomic E-state index is 12.9. The summed E-state index contributed by atoms with van der Waals surface area (Å²) in [5, 5.41) is 2.90. The van der Waals surface area contributed by atoms with Crippen LogP contribution in [-0.4, -0.2) is 26.1 Å². The minimum absolute atomic E-state index is 0. The number of methoxy groups -OCH3 is 1. The summed E-state index contributed by atoms with van der Waals surface area (Å²) in [5.74, 6) is -0.351. The minimum atomic E-state index is -0.527. The van der Waals surface area contributed by atoms with Gasteiger partial charge in [-0.25, -0.2) is 4.39 Å². The van der Waals surface area contributed by atoms with Gasteiger partial charge >= 0.3 is 0 Å². The van der Waals surface area contributed by atoms with E-state index in [0.717, 1.165) is 5.56 Å². The molecule has 1 aromatic carbocycles. The molecule has 1 amide bonds. The molecule has 0 fully saturated rings. The molecular weight excluding hydrogens is 307 g/mol. The van der Waals surface area contributed by atoms with Gasteiger partial charge in [0.15, 0.2) is 0 Å². The number of amides is 1. The molecule has 22 heavy (non-hydrogen) atoms. The molecule has 1 rings (SSSR count). The van der Waals surface area contributed by atoms with Crippen LogP contribution in [0.4, 0.5) is 4.39 Å². The lowest BCUT2D eigenvalue weighted by atomic mass is 9.81. The number of nitrogens with one attached hydrogen (secondary N) is 1. The number of ether oxygens (including phenoxy) is 1. The van der Waals surface area contributed by atoms with Crippen molar-refractivity contribution < 1.29 is 13.9 Å². The summed E-state index contributed by atoms with van der Waals surface area (Å²) in [7, 11) is 1.57. The molecule has 0 aliphatic carbocycles. The number of carbonyl (C=O) groups is 1. The van der Waals surface area contributed by atoms with Crippen molar-refractivity contribution in [1.29, 1.82) is 0 Å². The Labute approximate surface area is 138 Å². The number of hydrogen-bond acceptors (Lipinski definition) is 3. The SMILES string of the molecule is CCC(CC)(CN)C(=O)NCC(OC)c1ccc(F)cc1.Cl. The number of nitrogens with two attached hydrogens (primary N) is 1. The maximum Gasteiger partial charge on any atom is 0.227 e. The van der Waals surface area contributed by atoms with Gasteiger partial charge < -0.3 is 15.8 Å². The molecule has 1 aromatic rings. The Morgan fingerprint density at radius 3 is 2.27 bits per heavy atom. The van der Waals surface area contributed by atoms with Gasteiger partial charge in [-0.15, -0.1) is 12.4 Å². The summed E-state index contributed by atoms with van der Waals surface area (Å²) in [6.07, 6.45) is 1.08. The van der Waals surface area contributed by atoms with Gasteiger partial charge in [-0.2, -0.15) is 0 Å². The molecule has 0 heterocycles. The first kappa shape index (κ1) is 20.8. The van der Waals surface area contributed by atoms with Crippen LogP contribution in [-0.2, 0) is 9.53 Å². The monoisotopic (exact) mass is 332 g/mol. The zero-order valence-corrected chi connectivity index (χ0v) is 14.2. The van der Waals surface area contributed by atoms with E-state index in [0.29, 0.717) is 25.9 Å². The van der Waals surface area contributed by atoms with Gasteiger partial charge in [0.05, 0.1) is 11.5 Å². The van der Waals surface area contributed by atoms with Crippen LogP contribution in [0, 0.1) is 11.2 Å². The summed E-state index contributed by atoms with van der Waals surface area (Å²) in [5.41, 5.74) is 6.06. The Morgan fingerprint density at radius 2 is 1.86 bits per heavy atom. The summed E-state index contributed by atoms with van der Waals surface area (Å²) in [6.45, 7) is 4.58. The Morgan fingerprint density at radius 1 is 1.32 bits per heavy atom. The second-order valence-electron chi connectivity index (χ2n) is 5.18. The third kappa shape index (κ3) is 4.93. The quantitative estimate of drug-likeness (QED) is 0.769. The predicted octanol–water partition coefficient (Wildman–Crippen LogP) is 2.82. The molecular formula is C16H26ClFN2O2. The van der Waals surface area contributed by atoms with E-state index < -0.39 is 5.41 Å². The highest BCUT2D eigenvalue weighted by Gasteiger charge is 2.33. The van der Waals surface area contributed by atoms with Crippen LogP contribution in [0.5, 0.6) is 0 Å². The van der Waals surface area contributed by atoms with Gasteiger partial charge in [-0.1, -0.05) is 26.0 Å². The van der Waals surface area contributed by atoms with E-state index in [9.17, 15) is 9.18 Å². The van der Waals surface area contributed by atoms with E-state index in [1.54, 1.807) is 19.2 Å². The molecule has 0 aliphatic rings. The number of rotatable bonds is 8. The van der Waals surface area contributed by atoms with Crippen molar-refractivity contribution >= 4 is 18.3 Å². The summed E-state index contributed by atoms with van der Waals surface area (Å²) in [6, 6.07) is 6.08. The number of benzene rings is 1. The van der Waals surface area contributed by atoms with Crippen molar-refractivity contribution in [3.05, 3.63) is 35.6 Å². The normalized spacial score (nSPS) is 12.4. The second-order valence-corrected chi connectivity index (χ2v) is 5.18. The van der Waals surface area contributed by atoms with Gasteiger partial charge in [0.1, 0.15) is 5.82 Å². The third-order valence-corrected chi connectivity index (χ3v) is 4.20. The molecule has 0 spiro atoms. The van der Waals surface area contributed by atoms with Crippen molar-refractivity contribution in [2.75, 3.05) is 20.2 Å². The average Bonchev–Trinajstić information content (AvgIpc) is 2.52. The lowest BCUT2D eigenvalue weighted by molar-refractivity contribution is -0.131. The van der Waals surface area contributed by atoms with Gasteiger partial charge in [0.25, 0.3) is 0 Å². The van der Waals surface area contributed by atoms with E-state index in [2.05, 4.69) is 5.32 Å². The van der Waals surface area contributed by atoms with E-state index in [4.69, 9.17) is 10.5 Å². The molecule has 0 aliphatic heterocycles. The first-order valence-electron chi connectivity index (χ1n) is 7.29. The fourth-order valence-corrected chi connectivity index (χ4v) is 2.34. The Kier molecular flexibility index (Phi) is 9.25. The molecule has 1 atom stereocenters. The van der Waals surface area contributed by atoms with E-state index >= 15 is 0 Å². The average molecular weight is 333 g/mol. The van der Waals surface area contributed by atoms with E-state index in [1.165, 1.54) is 12.1 Å². The summed E-state index contributed by atoms with van der Waals surface area (Å²) in [4.78, 5) is 12.4. The summed E-state index contributed by atoms with van der Waals surface area (Å²) >= 11 is 0. The first-order chi connectivity index (χ1) is 10.0. The van der Waals surface area contributed by atoms with Crippen LogP contribution in [0.3, 0.4) is 0 Å². The van der Waals surface area contributed by atoms with Gasteiger partial charge in [-0.05, 0) is 30.5 Å². The molecule has 3 N–H and O–H groups in total. The van der Waals surface area contributed by atoms with Crippen molar-refractivity contribution in [3.63, 3.8) is 0 Å². The van der Waals surface area contributed by atoms with Gasteiger partial charge in [-0.3, -0.25) is 4.79 Å². The van der Waals surface area contributed by atoms with Crippen LogP contribution >= 0.6 is 12.4 Å². The lowest BCUT2D eigenvalue weighted by Gasteiger charge is -2.29. The fraction of sp³-hybridized carbons (Fsp3) is 0.562. The maximum absolute atomic E-state index is 12.9. The molecule has 0 aromatic heterocycles.